The summed E-state index contributed by atoms with van der Waals surface area (Å²) in [6.45, 7) is 4.04. The standard InChI is InChI=1S/C22H26ClN3O3/c1-14(2)19(25-20(27)16-9-11-18(23)12-10-16)21(28)24-13-15-5-7-17(8-6-15)22(29)26(3)4/h5-12,14,19H,13H2,1-4H3,(H,24,28)(H,25,27). The minimum absolute atomic E-state index is 0.0784. The molecule has 2 rings (SSSR count). The zero-order valence-corrected chi connectivity index (χ0v) is 17.8. The van der Waals surface area contributed by atoms with Gasteiger partial charge in [0.05, 0.1) is 0 Å². The second kappa shape index (κ2) is 10.1. The molecule has 0 spiro atoms. The smallest absolute Gasteiger partial charge is 0.253 e. The molecule has 0 saturated carbocycles. The molecule has 0 heterocycles. The summed E-state index contributed by atoms with van der Waals surface area (Å²) in [5, 5.41) is 6.17. The molecule has 0 aliphatic carbocycles. The van der Waals surface area contributed by atoms with Gasteiger partial charge < -0.3 is 15.5 Å². The monoisotopic (exact) mass is 415 g/mol. The molecule has 3 amide bonds. The van der Waals surface area contributed by atoms with Crippen molar-refractivity contribution in [3.8, 4) is 0 Å². The van der Waals surface area contributed by atoms with Crippen molar-refractivity contribution in [2.45, 2.75) is 26.4 Å². The van der Waals surface area contributed by atoms with Gasteiger partial charge in [-0.15, -0.1) is 0 Å². The molecule has 1 atom stereocenters. The minimum Gasteiger partial charge on any atom is -0.350 e. The summed E-state index contributed by atoms with van der Waals surface area (Å²) in [4.78, 5) is 38.5. The van der Waals surface area contributed by atoms with Crippen LogP contribution < -0.4 is 10.6 Å². The van der Waals surface area contributed by atoms with Crippen LogP contribution in [0.2, 0.25) is 5.02 Å². The van der Waals surface area contributed by atoms with Crippen molar-refractivity contribution in [3.05, 3.63) is 70.2 Å². The van der Waals surface area contributed by atoms with Gasteiger partial charge in [0.15, 0.2) is 0 Å². The highest BCUT2D eigenvalue weighted by Gasteiger charge is 2.24. The first kappa shape index (κ1) is 22.4. The molecule has 0 radical (unpaired) electrons. The van der Waals surface area contributed by atoms with Crippen molar-refractivity contribution >= 4 is 29.3 Å². The largest absolute Gasteiger partial charge is 0.350 e. The molecule has 2 N–H and O–H groups in total. The Morgan fingerprint density at radius 3 is 2.00 bits per heavy atom. The predicted molar refractivity (Wildman–Crippen MR) is 114 cm³/mol. The molecule has 2 aromatic carbocycles. The zero-order chi connectivity index (χ0) is 21.6. The third kappa shape index (κ3) is 6.32. The van der Waals surface area contributed by atoms with E-state index in [-0.39, 0.29) is 23.6 Å². The Morgan fingerprint density at radius 2 is 1.48 bits per heavy atom. The highest BCUT2D eigenvalue weighted by Crippen LogP contribution is 2.11. The lowest BCUT2D eigenvalue weighted by atomic mass is 10.0. The van der Waals surface area contributed by atoms with Crippen molar-refractivity contribution in [1.29, 1.82) is 0 Å². The summed E-state index contributed by atoms with van der Waals surface area (Å²) < 4.78 is 0. The van der Waals surface area contributed by atoms with Crippen LogP contribution >= 0.6 is 11.6 Å². The van der Waals surface area contributed by atoms with Crippen molar-refractivity contribution in [3.63, 3.8) is 0 Å². The summed E-state index contributed by atoms with van der Waals surface area (Å²) in [5.74, 6) is -0.769. The van der Waals surface area contributed by atoms with E-state index in [4.69, 9.17) is 11.6 Å². The molecule has 0 aliphatic rings. The Kier molecular flexibility index (Phi) is 7.79. The fourth-order valence-electron chi connectivity index (χ4n) is 2.68. The van der Waals surface area contributed by atoms with E-state index < -0.39 is 6.04 Å². The number of carbonyl (C=O) groups excluding carboxylic acids is 3. The molecule has 7 heteroatoms. The maximum absolute atomic E-state index is 12.6. The van der Waals surface area contributed by atoms with Crippen molar-refractivity contribution in [2.24, 2.45) is 5.92 Å². The van der Waals surface area contributed by atoms with Gasteiger partial charge >= 0.3 is 0 Å². The molecule has 0 fully saturated rings. The van der Waals surface area contributed by atoms with E-state index >= 15 is 0 Å². The average molecular weight is 416 g/mol. The molecular weight excluding hydrogens is 390 g/mol. The van der Waals surface area contributed by atoms with E-state index in [2.05, 4.69) is 10.6 Å². The van der Waals surface area contributed by atoms with Gasteiger partial charge in [-0.2, -0.15) is 0 Å². The second-order valence-corrected chi connectivity index (χ2v) is 7.75. The van der Waals surface area contributed by atoms with Crippen molar-refractivity contribution in [2.75, 3.05) is 14.1 Å². The van der Waals surface area contributed by atoms with Crippen LogP contribution in [-0.2, 0) is 11.3 Å². The number of carbonyl (C=O) groups is 3. The number of amides is 3. The number of hydrogen-bond donors (Lipinski definition) is 2. The maximum atomic E-state index is 12.6. The van der Waals surface area contributed by atoms with Crippen molar-refractivity contribution in [1.82, 2.24) is 15.5 Å². The lowest BCUT2D eigenvalue weighted by molar-refractivity contribution is -0.124. The third-order valence-electron chi connectivity index (χ3n) is 4.42. The summed E-state index contributed by atoms with van der Waals surface area (Å²) >= 11 is 5.85. The molecule has 154 valence electrons. The second-order valence-electron chi connectivity index (χ2n) is 7.32. The van der Waals surface area contributed by atoms with Crippen LogP contribution in [0.1, 0.15) is 40.1 Å². The molecule has 0 bridgehead atoms. The van der Waals surface area contributed by atoms with Crippen LogP contribution in [0.4, 0.5) is 0 Å². The highest BCUT2D eigenvalue weighted by molar-refractivity contribution is 6.30. The first-order valence-electron chi connectivity index (χ1n) is 9.33. The normalized spacial score (nSPS) is 11.7. The molecule has 29 heavy (non-hydrogen) atoms. The van der Waals surface area contributed by atoms with Crippen LogP contribution in [0.25, 0.3) is 0 Å². The van der Waals surface area contributed by atoms with Gasteiger partial charge in [0.1, 0.15) is 6.04 Å². The van der Waals surface area contributed by atoms with Crippen LogP contribution in [0.15, 0.2) is 48.5 Å². The predicted octanol–water partition coefficient (Wildman–Crippen LogP) is 3.11. The Hall–Kier alpha value is -2.86. The number of nitrogens with zero attached hydrogens (tertiary/aromatic N) is 1. The molecule has 0 aromatic heterocycles. The van der Waals surface area contributed by atoms with Gasteiger partial charge in [-0.1, -0.05) is 37.6 Å². The highest BCUT2D eigenvalue weighted by atomic mass is 35.5. The first-order valence-corrected chi connectivity index (χ1v) is 9.71. The lowest BCUT2D eigenvalue weighted by Gasteiger charge is -2.22. The van der Waals surface area contributed by atoms with Gasteiger partial charge in [0.25, 0.3) is 11.8 Å². The minimum atomic E-state index is -0.673. The van der Waals surface area contributed by atoms with Gasteiger partial charge in [-0.25, -0.2) is 0 Å². The Bertz CT molecular complexity index is 862. The molecule has 0 saturated heterocycles. The summed E-state index contributed by atoms with van der Waals surface area (Å²) in [6.07, 6.45) is 0. The number of benzene rings is 2. The van der Waals surface area contributed by atoms with Crippen molar-refractivity contribution < 1.29 is 14.4 Å². The molecule has 2 aromatic rings. The molecular formula is C22H26ClN3O3. The van der Waals surface area contributed by atoms with E-state index in [1.165, 1.54) is 4.90 Å². The maximum Gasteiger partial charge on any atom is 0.253 e. The number of halogens is 1. The lowest BCUT2D eigenvalue weighted by Crippen LogP contribution is -2.49. The number of nitrogens with one attached hydrogen (secondary N) is 2. The zero-order valence-electron chi connectivity index (χ0n) is 17.0. The van der Waals surface area contributed by atoms with E-state index in [0.29, 0.717) is 22.7 Å². The van der Waals surface area contributed by atoms with E-state index in [9.17, 15) is 14.4 Å². The molecule has 0 aliphatic heterocycles. The van der Waals surface area contributed by atoms with Gasteiger partial charge in [-0.05, 0) is 47.9 Å². The quantitative estimate of drug-likeness (QED) is 0.729. The van der Waals surface area contributed by atoms with Gasteiger partial charge in [-0.3, -0.25) is 14.4 Å². The topological polar surface area (TPSA) is 78.5 Å². The fourth-order valence-corrected chi connectivity index (χ4v) is 2.81. The van der Waals surface area contributed by atoms with E-state index in [0.717, 1.165) is 5.56 Å². The van der Waals surface area contributed by atoms with Crippen LogP contribution in [0, 0.1) is 5.92 Å². The average Bonchev–Trinajstić information content (AvgIpc) is 2.70. The third-order valence-corrected chi connectivity index (χ3v) is 4.67. The Balaban J connectivity index is 1.98. The van der Waals surface area contributed by atoms with Gasteiger partial charge in [0.2, 0.25) is 5.91 Å². The van der Waals surface area contributed by atoms with E-state index in [1.807, 2.05) is 13.8 Å². The molecule has 1 unspecified atom stereocenters. The van der Waals surface area contributed by atoms with E-state index in [1.54, 1.807) is 62.6 Å². The Morgan fingerprint density at radius 1 is 0.931 bits per heavy atom. The summed E-state index contributed by atoms with van der Waals surface area (Å²) in [7, 11) is 3.39. The van der Waals surface area contributed by atoms with Crippen LogP contribution in [0.5, 0.6) is 0 Å². The number of rotatable bonds is 7. The molecule has 6 nitrogen and oxygen atoms in total. The SMILES string of the molecule is CC(C)C(NC(=O)c1ccc(Cl)cc1)C(=O)NCc1ccc(C(=O)N(C)C)cc1. The Labute approximate surface area is 176 Å². The van der Waals surface area contributed by atoms with Crippen LogP contribution in [-0.4, -0.2) is 42.8 Å². The summed E-state index contributed by atoms with van der Waals surface area (Å²) in [5.41, 5.74) is 1.88. The van der Waals surface area contributed by atoms with Crippen LogP contribution in [0.3, 0.4) is 0 Å². The summed E-state index contributed by atoms with van der Waals surface area (Å²) in [6, 6.07) is 12.9. The first-order chi connectivity index (χ1) is 13.7. The number of hydrogen-bond acceptors (Lipinski definition) is 3. The fraction of sp³-hybridized carbons (Fsp3) is 0.318. The van der Waals surface area contributed by atoms with Gasteiger partial charge in [0, 0.05) is 36.8 Å².